The molecule has 0 bridgehead atoms. The summed E-state index contributed by atoms with van der Waals surface area (Å²) in [6.07, 6.45) is 0. The molecule has 0 amide bonds. The molecule has 0 aliphatic carbocycles. The van der Waals surface area contributed by atoms with Gasteiger partial charge in [0.25, 0.3) is 11.4 Å². The van der Waals surface area contributed by atoms with E-state index >= 15 is 0 Å². The van der Waals surface area contributed by atoms with Gasteiger partial charge in [-0.3, -0.25) is 4.79 Å². The number of nitrogens with zero attached hydrogens (tertiary/aromatic N) is 1. The average Bonchev–Trinajstić information content (AvgIpc) is 2.18. The van der Waals surface area contributed by atoms with E-state index in [1.807, 2.05) is 0 Å². The first-order valence-electron chi connectivity index (χ1n) is 4.65. The first kappa shape index (κ1) is 14.5. The van der Waals surface area contributed by atoms with Crippen LogP contribution in [0.1, 0.15) is 25.3 Å². The van der Waals surface area contributed by atoms with E-state index in [2.05, 4.69) is 9.28 Å². The monoisotopic (exact) mass is 286 g/mol. The zero-order chi connectivity index (χ0) is 14.1. The van der Waals surface area contributed by atoms with Crippen molar-refractivity contribution in [1.29, 1.82) is 0 Å². The van der Waals surface area contributed by atoms with Crippen molar-refractivity contribution >= 4 is 10.1 Å². The van der Waals surface area contributed by atoms with E-state index in [0.717, 1.165) is 6.07 Å². The first-order chi connectivity index (χ1) is 8.04. The molecule has 0 saturated heterocycles. The molecule has 0 fully saturated rings. The summed E-state index contributed by atoms with van der Waals surface area (Å²) in [6.45, 7) is 3.09. The summed E-state index contributed by atoms with van der Waals surface area (Å²) < 4.78 is 61.8. The van der Waals surface area contributed by atoms with Crippen LogP contribution >= 0.6 is 0 Å². The maximum Gasteiger partial charge on any atom is 0.534 e. The maximum atomic E-state index is 12.1. The fourth-order valence-corrected chi connectivity index (χ4v) is 1.47. The molecule has 0 radical (unpaired) electrons. The normalized spacial score (nSPS) is 12.8. The van der Waals surface area contributed by atoms with Crippen LogP contribution in [0, 0.1) is 0 Å². The number of H-pyrrole nitrogens is 1. The third-order valence-corrected chi connectivity index (χ3v) is 2.84. The minimum Gasteiger partial charge on any atom is -0.353 e. The van der Waals surface area contributed by atoms with Crippen LogP contribution in [0.25, 0.3) is 0 Å². The second-order valence-electron chi connectivity index (χ2n) is 3.63. The maximum absolute atomic E-state index is 12.1. The number of rotatable bonds is 3. The van der Waals surface area contributed by atoms with Crippen LogP contribution in [-0.4, -0.2) is 24.1 Å². The van der Waals surface area contributed by atoms with Crippen molar-refractivity contribution in [2.24, 2.45) is 0 Å². The molecule has 1 aromatic heterocycles. The Bertz CT molecular complexity index is 591. The van der Waals surface area contributed by atoms with Gasteiger partial charge in [-0.25, -0.2) is 5.10 Å². The van der Waals surface area contributed by atoms with Gasteiger partial charge in [0.15, 0.2) is 0 Å². The van der Waals surface area contributed by atoms with Crippen molar-refractivity contribution < 1.29 is 25.8 Å². The number of aromatic nitrogens is 2. The van der Waals surface area contributed by atoms with Crippen molar-refractivity contribution in [3.05, 3.63) is 22.0 Å². The van der Waals surface area contributed by atoms with E-state index in [9.17, 15) is 26.4 Å². The van der Waals surface area contributed by atoms with E-state index in [-0.39, 0.29) is 5.56 Å². The Hall–Kier alpha value is -1.58. The Kier molecular flexibility index (Phi) is 3.70. The number of nitrogens with one attached hydrogen (secondary N) is 1. The van der Waals surface area contributed by atoms with Crippen molar-refractivity contribution in [2.45, 2.75) is 25.3 Å². The van der Waals surface area contributed by atoms with E-state index in [4.69, 9.17) is 0 Å². The van der Waals surface area contributed by atoms with E-state index in [1.165, 1.54) is 0 Å². The van der Waals surface area contributed by atoms with E-state index in [0.29, 0.717) is 0 Å². The molecule has 18 heavy (non-hydrogen) atoms. The highest BCUT2D eigenvalue weighted by atomic mass is 32.2. The average molecular weight is 286 g/mol. The number of halogens is 3. The molecular weight excluding hydrogens is 277 g/mol. The molecular formula is C8H9F3N2O4S. The van der Waals surface area contributed by atoms with Crippen LogP contribution in [0.3, 0.4) is 0 Å². The van der Waals surface area contributed by atoms with Gasteiger partial charge >= 0.3 is 15.6 Å². The summed E-state index contributed by atoms with van der Waals surface area (Å²) in [6, 6.07) is 0.929. The Morgan fingerprint density at radius 2 is 1.94 bits per heavy atom. The summed E-state index contributed by atoms with van der Waals surface area (Å²) in [4.78, 5) is 11.0. The SMILES string of the molecule is CC(C)c1cc(=O)[nH]nc1OS(=O)(=O)C(F)(F)F. The van der Waals surface area contributed by atoms with Gasteiger partial charge in [0.05, 0.1) is 0 Å². The van der Waals surface area contributed by atoms with Crippen LogP contribution in [-0.2, 0) is 10.1 Å². The molecule has 0 aliphatic rings. The summed E-state index contributed by atoms with van der Waals surface area (Å²) in [5.74, 6) is -1.22. The smallest absolute Gasteiger partial charge is 0.353 e. The van der Waals surface area contributed by atoms with Gasteiger partial charge in [0, 0.05) is 11.6 Å². The topological polar surface area (TPSA) is 89.1 Å². The Balaban J connectivity index is 3.25. The lowest BCUT2D eigenvalue weighted by Crippen LogP contribution is -2.29. The summed E-state index contributed by atoms with van der Waals surface area (Å²) in [7, 11) is -5.80. The van der Waals surface area contributed by atoms with Crippen LogP contribution in [0.15, 0.2) is 10.9 Å². The molecule has 0 spiro atoms. The van der Waals surface area contributed by atoms with Gasteiger partial charge in [-0.2, -0.15) is 21.6 Å². The lowest BCUT2D eigenvalue weighted by atomic mass is 10.1. The summed E-state index contributed by atoms with van der Waals surface area (Å²) in [5, 5.41) is 4.97. The second kappa shape index (κ2) is 4.59. The fourth-order valence-electron chi connectivity index (χ4n) is 1.04. The largest absolute Gasteiger partial charge is 0.534 e. The molecule has 10 heteroatoms. The molecule has 1 heterocycles. The minimum absolute atomic E-state index is 0.0356. The van der Waals surface area contributed by atoms with Gasteiger partial charge in [-0.15, -0.1) is 5.10 Å². The molecule has 102 valence electrons. The molecule has 1 rings (SSSR count). The molecule has 0 atom stereocenters. The number of hydrogen-bond acceptors (Lipinski definition) is 5. The number of hydrogen-bond donors (Lipinski definition) is 1. The van der Waals surface area contributed by atoms with Gasteiger partial charge in [-0.05, 0) is 5.92 Å². The zero-order valence-corrected chi connectivity index (χ0v) is 10.1. The quantitative estimate of drug-likeness (QED) is 0.664. The van der Waals surface area contributed by atoms with Crippen molar-refractivity contribution in [1.82, 2.24) is 10.2 Å². The molecule has 0 unspecified atom stereocenters. The highest BCUT2D eigenvalue weighted by molar-refractivity contribution is 7.87. The lowest BCUT2D eigenvalue weighted by Gasteiger charge is -2.12. The van der Waals surface area contributed by atoms with Crippen molar-refractivity contribution in [3.63, 3.8) is 0 Å². The molecule has 1 N–H and O–H groups in total. The van der Waals surface area contributed by atoms with Crippen molar-refractivity contribution in [3.8, 4) is 5.88 Å². The number of alkyl halides is 3. The summed E-state index contributed by atoms with van der Waals surface area (Å²) in [5.41, 5.74) is -6.26. The Morgan fingerprint density at radius 3 is 2.39 bits per heavy atom. The Morgan fingerprint density at radius 1 is 1.39 bits per heavy atom. The highest BCUT2D eigenvalue weighted by Gasteiger charge is 2.49. The van der Waals surface area contributed by atoms with Crippen LogP contribution in [0.5, 0.6) is 5.88 Å². The molecule has 0 saturated carbocycles. The van der Waals surface area contributed by atoms with Crippen LogP contribution in [0.2, 0.25) is 0 Å². The van der Waals surface area contributed by atoms with Gasteiger partial charge in [0.2, 0.25) is 0 Å². The van der Waals surface area contributed by atoms with Gasteiger partial charge in [0.1, 0.15) is 0 Å². The van der Waals surface area contributed by atoms with E-state index < -0.39 is 33.0 Å². The highest BCUT2D eigenvalue weighted by Crippen LogP contribution is 2.29. The fraction of sp³-hybridized carbons (Fsp3) is 0.500. The minimum atomic E-state index is -5.80. The Labute approximate surface area is 99.9 Å². The standard InChI is InChI=1S/C8H9F3N2O4S/c1-4(2)5-3-6(14)12-13-7(5)17-18(15,16)8(9,10)11/h3-4H,1-2H3,(H,12,14). The van der Waals surface area contributed by atoms with Crippen LogP contribution in [0.4, 0.5) is 13.2 Å². The first-order valence-corrected chi connectivity index (χ1v) is 6.06. The molecule has 0 aromatic carbocycles. The number of aromatic amines is 1. The predicted molar refractivity (Wildman–Crippen MR) is 54.5 cm³/mol. The zero-order valence-electron chi connectivity index (χ0n) is 9.28. The molecule has 0 aliphatic heterocycles. The van der Waals surface area contributed by atoms with Crippen LogP contribution < -0.4 is 9.74 Å². The molecule has 1 aromatic rings. The van der Waals surface area contributed by atoms with Gasteiger partial charge in [-0.1, -0.05) is 13.8 Å². The van der Waals surface area contributed by atoms with E-state index in [1.54, 1.807) is 18.9 Å². The lowest BCUT2D eigenvalue weighted by molar-refractivity contribution is -0.0501. The van der Waals surface area contributed by atoms with Gasteiger partial charge < -0.3 is 4.18 Å². The second-order valence-corrected chi connectivity index (χ2v) is 5.17. The third kappa shape index (κ3) is 3.00. The molecule has 6 nitrogen and oxygen atoms in total. The van der Waals surface area contributed by atoms with Crippen molar-refractivity contribution in [2.75, 3.05) is 0 Å². The summed E-state index contributed by atoms with van der Waals surface area (Å²) >= 11 is 0. The predicted octanol–water partition coefficient (Wildman–Crippen LogP) is 1.12. The third-order valence-electron chi connectivity index (χ3n) is 1.90.